The second-order valence-corrected chi connectivity index (χ2v) is 6.81. The van der Waals surface area contributed by atoms with Gasteiger partial charge in [0.05, 0.1) is 17.3 Å². The molecule has 1 N–H and O–H groups in total. The molecule has 0 atom stereocenters. The first-order valence-corrected chi connectivity index (χ1v) is 8.14. The Hall–Kier alpha value is -1.80. The summed E-state index contributed by atoms with van der Waals surface area (Å²) in [5.74, 6) is -0.171. The third-order valence-electron chi connectivity index (χ3n) is 2.39. The van der Waals surface area contributed by atoms with Gasteiger partial charge < -0.3 is 5.32 Å². The summed E-state index contributed by atoms with van der Waals surface area (Å²) in [6, 6.07) is 5.79. The van der Waals surface area contributed by atoms with E-state index >= 15 is 0 Å². The van der Waals surface area contributed by atoms with E-state index in [1.54, 1.807) is 0 Å². The van der Waals surface area contributed by atoms with Crippen molar-refractivity contribution >= 4 is 37.5 Å². The number of halogens is 1. The van der Waals surface area contributed by atoms with Gasteiger partial charge in [0.1, 0.15) is 4.60 Å². The van der Waals surface area contributed by atoms with Crippen LogP contribution in [0.2, 0.25) is 0 Å². The third-order valence-corrected chi connectivity index (χ3v) is 3.91. The molecule has 0 saturated carbocycles. The van der Waals surface area contributed by atoms with E-state index < -0.39 is 15.7 Å². The number of carbonyl (C=O) groups is 1. The number of aromatic nitrogens is 2. The molecule has 0 unspecified atom stereocenters. The van der Waals surface area contributed by atoms with Crippen molar-refractivity contribution in [3.63, 3.8) is 0 Å². The second-order valence-electron chi connectivity index (χ2n) is 3.98. The minimum atomic E-state index is -3.35. The first kappa shape index (κ1) is 14.6. The average molecular weight is 356 g/mol. The molecule has 20 heavy (non-hydrogen) atoms. The fourth-order valence-electron chi connectivity index (χ4n) is 1.43. The van der Waals surface area contributed by atoms with Gasteiger partial charge in [-0.15, -0.1) is 0 Å². The molecule has 0 fully saturated rings. The number of rotatable bonds is 3. The highest BCUT2D eigenvalue weighted by Gasteiger charge is 2.12. The van der Waals surface area contributed by atoms with Crippen LogP contribution in [0.25, 0.3) is 0 Å². The van der Waals surface area contributed by atoms with Crippen LogP contribution >= 0.6 is 15.9 Å². The van der Waals surface area contributed by atoms with Gasteiger partial charge in [0.15, 0.2) is 15.7 Å². The summed E-state index contributed by atoms with van der Waals surface area (Å²) in [6.45, 7) is 0. The Labute approximate surface area is 124 Å². The third kappa shape index (κ3) is 3.61. The van der Waals surface area contributed by atoms with Gasteiger partial charge in [0, 0.05) is 11.8 Å². The zero-order valence-electron chi connectivity index (χ0n) is 10.4. The molecule has 0 aliphatic heterocycles. The van der Waals surface area contributed by atoms with Crippen molar-refractivity contribution in [2.75, 3.05) is 11.6 Å². The molecule has 0 aliphatic rings. The Morgan fingerprint density at radius 1 is 1.25 bits per heavy atom. The number of hydrogen-bond acceptors (Lipinski definition) is 5. The van der Waals surface area contributed by atoms with Gasteiger partial charge in [-0.05, 0) is 34.1 Å². The van der Waals surface area contributed by atoms with Crippen LogP contribution in [0.3, 0.4) is 0 Å². The summed E-state index contributed by atoms with van der Waals surface area (Å²) in [6.07, 6.45) is 3.93. The highest BCUT2D eigenvalue weighted by molar-refractivity contribution is 9.10. The molecule has 0 spiro atoms. The number of sulfone groups is 1. The number of benzene rings is 1. The fraction of sp³-hybridized carbons (Fsp3) is 0.0833. The van der Waals surface area contributed by atoms with Gasteiger partial charge in [-0.25, -0.2) is 18.4 Å². The molecular formula is C12H10BrN3O3S. The summed E-state index contributed by atoms with van der Waals surface area (Å²) < 4.78 is 23.4. The quantitative estimate of drug-likeness (QED) is 0.907. The number of carbonyl (C=O) groups excluding carboxylic acids is 1. The molecule has 8 heteroatoms. The van der Waals surface area contributed by atoms with Crippen LogP contribution in [0.1, 0.15) is 10.4 Å². The van der Waals surface area contributed by atoms with Crippen molar-refractivity contribution in [3.05, 3.63) is 46.8 Å². The lowest BCUT2D eigenvalue weighted by Crippen LogP contribution is -2.13. The van der Waals surface area contributed by atoms with Crippen molar-refractivity contribution in [1.82, 2.24) is 9.97 Å². The highest BCUT2D eigenvalue weighted by atomic mass is 79.9. The van der Waals surface area contributed by atoms with Crippen molar-refractivity contribution in [3.8, 4) is 0 Å². The van der Waals surface area contributed by atoms with Gasteiger partial charge >= 0.3 is 0 Å². The maximum Gasteiger partial charge on any atom is 0.256 e. The molecular weight excluding hydrogens is 346 g/mol. The van der Waals surface area contributed by atoms with E-state index in [9.17, 15) is 13.2 Å². The van der Waals surface area contributed by atoms with Gasteiger partial charge in [-0.1, -0.05) is 6.07 Å². The fourth-order valence-corrected chi connectivity index (χ4v) is 2.30. The molecule has 0 bridgehead atoms. The standard InChI is InChI=1S/C12H10BrN3O3S/c1-20(18,19)9-4-2-3-8(5-9)12(17)16-11-7-14-10(13)6-15-11/h2-7H,1H3,(H,15,16,17). The van der Waals surface area contributed by atoms with E-state index in [0.717, 1.165) is 6.26 Å². The lowest BCUT2D eigenvalue weighted by molar-refractivity contribution is 0.102. The number of amides is 1. The van der Waals surface area contributed by atoms with Crippen LogP contribution in [-0.4, -0.2) is 30.5 Å². The lowest BCUT2D eigenvalue weighted by Gasteiger charge is -2.05. The van der Waals surface area contributed by atoms with Crippen LogP contribution in [0, 0.1) is 0 Å². The molecule has 2 aromatic rings. The highest BCUT2D eigenvalue weighted by Crippen LogP contribution is 2.13. The molecule has 1 heterocycles. The average Bonchev–Trinajstić information content (AvgIpc) is 2.40. The predicted molar refractivity (Wildman–Crippen MR) is 77.2 cm³/mol. The zero-order chi connectivity index (χ0) is 14.8. The first-order valence-electron chi connectivity index (χ1n) is 5.45. The lowest BCUT2D eigenvalue weighted by atomic mass is 10.2. The van der Waals surface area contributed by atoms with Crippen LogP contribution in [0.5, 0.6) is 0 Å². The van der Waals surface area contributed by atoms with E-state index in [0.29, 0.717) is 4.60 Å². The minimum Gasteiger partial charge on any atom is -0.305 e. The minimum absolute atomic E-state index is 0.0899. The van der Waals surface area contributed by atoms with E-state index in [4.69, 9.17) is 0 Å². The molecule has 0 radical (unpaired) electrons. The van der Waals surface area contributed by atoms with Gasteiger partial charge in [-0.3, -0.25) is 4.79 Å². The summed E-state index contributed by atoms with van der Waals surface area (Å²) >= 11 is 3.13. The Morgan fingerprint density at radius 3 is 2.60 bits per heavy atom. The maximum absolute atomic E-state index is 12.0. The summed E-state index contributed by atoms with van der Waals surface area (Å²) in [4.78, 5) is 20.0. The van der Waals surface area contributed by atoms with Gasteiger partial charge in [0.2, 0.25) is 0 Å². The van der Waals surface area contributed by atoms with Crippen LogP contribution < -0.4 is 5.32 Å². The van der Waals surface area contributed by atoms with Crippen LogP contribution in [0.4, 0.5) is 5.82 Å². The van der Waals surface area contributed by atoms with Crippen molar-refractivity contribution in [2.45, 2.75) is 4.90 Å². The van der Waals surface area contributed by atoms with E-state index in [-0.39, 0.29) is 16.3 Å². The van der Waals surface area contributed by atoms with Crippen molar-refractivity contribution < 1.29 is 13.2 Å². The van der Waals surface area contributed by atoms with Gasteiger partial charge in [-0.2, -0.15) is 0 Å². The Balaban J connectivity index is 2.23. The van der Waals surface area contributed by atoms with E-state index in [1.807, 2.05) is 0 Å². The Bertz CT molecular complexity index is 745. The summed E-state index contributed by atoms with van der Waals surface area (Å²) in [7, 11) is -3.35. The SMILES string of the molecule is CS(=O)(=O)c1cccc(C(=O)Nc2cnc(Br)cn2)c1. The van der Waals surface area contributed by atoms with E-state index in [1.165, 1.54) is 36.7 Å². The maximum atomic E-state index is 12.0. The summed E-state index contributed by atoms with van der Waals surface area (Å²) in [5.41, 5.74) is 0.234. The van der Waals surface area contributed by atoms with E-state index in [2.05, 4.69) is 31.2 Å². The Kier molecular flexibility index (Phi) is 4.15. The molecule has 6 nitrogen and oxygen atoms in total. The Morgan fingerprint density at radius 2 is 2.00 bits per heavy atom. The largest absolute Gasteiger partial charge is 0.305 e. The molecule has 0 saturated heterocycles. The molecule has 104 valence electrons. The topological polar surface area (TPSA) is 89.0 Å². The van der Waals surface area contributed by atoms with Crippen molar-refractivity contribution in [2.24, 2.45) is 0 Å². The predicted octanol–water partition coefficient (Wildman–Crippen LogP) is 1.89. The molecule has 1 amide bonds. The van der Waals surface area contributed by atoms with Crippen LogP contribution in [0.15, 0.2) is 46.2 Å². The molecule has 2 rings (SSSR count). The summed E-state index contributed by atoms with van der Waals surface area (Å²) in [5, 5.41) is 2.54. The molecule has 0 aliphatic carbocycles. The molecule has 1 aromatic carbocycles. The normalized spacial score (nSPS) is 11.1. The number of anilines is 1. The number of nitrogens with one attached hydrogen (secondary N) is 1. The second kappa shape index (κ2) is 5.68. The number of nitrogens with zero attached hydrogens (tertiary/aromatic N) is 2. The zero-order valence-corrected chi connectivity index (χ0v) is 12.8. The molecule has 1 aromatic heterocycles. The monoisotopic (exact) mass is 355 g/mol. The number of hydrogen-bond donors (Lipinski definition) is 1. The van der Waals surface area contributed by atoms with Gasteiger partial charge in [0.25, 0.3) is 5.91 Å². The first-order chi connectivity index (χ1) is 9.36. The van der Waals surface area contributed by atoms with Crippen LogP contribution in [-0.2, 0) is 9.84 Å². The van der Waals surface area contributed by atoms with Crippen molar-refractivity contribution in [1.29, 1.82) is 0 Å². The smallest absolute Gasteiger partial charge is 0.256 e.